The van der Waals surface area contributed by atoms with Crippen LogP contribution < -0.4 is 5.32 Å². The third kappa shape index (κ3) is 3.18. The Hall–Kier alpha value is -1.19. The Kier molecular flexibility index (Phi) is 3.83. The molecule has 0 amide bonds. The second-order valence-electron chi connectivity index (χ2n) is 5.68. The molecule has 0 atom stereocenters. The number of fused-ring (bicyclic) bond motifs is 1. The number of hydrogen-bond donors (Lipinski definition) is 1. The molecular weight excluding hydrogens is 254 g/mol. The fraction of sp³-hybridized carbons (Fsp3) is 0.267. The quantitative estimate of drug-likeness (QED) is 0.674. The fourth-order valence-corrected chi connectivity index (χ4v) is 2.87. The van der Waals surface area contributed by atoms with Crippen molar-refractivity contribution in [3.8, 4) is 0 Å². The van der Waals surface area contributed by atoms with Crippen LogP contribution in [-0.4, -0.2) is 19.2 Å². The van der Waals surface area contributed by atoms with Crippen LogP contribution in [-0.2, 0) is 0 Å². The first-order chi connectivity index (χ1) is 8.47. The summed E-state index contributed by atoms with van der Waals surface area (Å²) in [5, 5.41) is 5.70. The SMILES string of the molecule is C[Si](C)(C)CNC(=S)c1cc[c]c2ccccc12. The van der Waals surface area contributed by atoms with Gasteiger partial charge in [-0.25, -0.2) is 0 Å². The van der Waals surface area contributed by atoms with Gasteiger partial charge in [0.05, 0.1) is 8.07 Å². The van der Waals surface area contributed by atoms with E-state index in [2.05, 4.69) is 43.2 Å². The molecule has 2 rings (SSSR count). The minimum atomic E-state index is -1.13. The molecule has 0 fully saturated rings. The van der Waals surface area contributed by atoms with Crippen molar-refractivity contribution in [3.63, 3.8) is 0 Å². The van der Waals surface area contributed by atoms with Gasteiger partial charge in [-0.15, -0.1) is 0 Å². The van der Waals surface area contributed by atoms with Gasteiger partial charge in [-0.2, -0.15) is 0 Å². The summed E-state index contributed by atoms with van der Waals surface area (Å²) in [5.74, 6) is 0. The van der Waals surface area contributed by atoms with Gasteiger partial charge in [0.1, 0.15) is 4.99 Å². The zero-order valence-corrected chi connectivity index (χ0v) is 12.9. The van der Waals surface area contributed by atoms with Crippen molar-refractivity contribution >= 4 is 36.1 Å². The van der Waals surface area contributed by atoms with Crippen LogP contribution in [0.3, 0.4) is 0 Å². The van der Waals surface area contributed by atoms with E-state index < -0.39 is 8.07 Å². The number of hydrogen-bond acceptors (Lipinski definition) is 1. The molecule has 0 aliphatic rings. The van der Waals surface area contributed by atoms with E-state index in [-0.39, 0.29) is 0 Å². The van der Waals surface area contributed by atoms with Crippen LogP contribution in [0, 0.1) is 6.07 Å². The summed E-state index contributed by atoms with van der Waals surface area (Å²) in [4.78, 5) is 0.850. The van der Waals surface area contributed by atoms with Gasteiger partial charge in [-0.05, 0) is 16.8 Å². The second kappa shape index (κ2) is 5.20. The van der Waals surface area contributed by atoms with Gasteiger partial charge in [0.2, 0.25) is 0 Å². The van der Waals surface area contributed by atoms with Crippen LogP contribution in [0.2, 0.25) is 19.6 Å². The Morgan fingerprint density at radius 3 is 2.67 bits per heavy atom. The summed E-state index contributed by atoms with van der Waals surface area (Å²) >= 11 is 5.51. The smallest absolute Gasteiger partial charge is 0.106 e. The lowest BCUT2D eigenvalue weighted by molar-refractivity contribution is 1.10. The Morgan fingerprint density at radius 2 is 1.94 bits per heavy atom. The zero-order chi connectivity index (χ0) is 13.2. The topological polar surface area (TPSA) is 12.0 Å². The van der Waals surface area contributed by atoms with Crippen molar-refractivity contribution in [1.82, 2.24) is 5.32 Å². The lowest BCUT2D eigenvalue weighted by atomic mass is 10.0. The lowest BCUT2D eigenvalue weighted by Gasteiger charge is -2.18. The molecule has 2 aromatic rings. The molecule has 93 valence electrons. The molecular formula is C15H18NSSi. The van der Waals surface area contributed by atoms with E-state index in [1.807, 2.05) is 24.3 Å². The first-order valence-electron chi connectivity index (χ1n) is 6.15. The predicted molar refractivity (Wildman–Crippen MR) is 85.8 cm³/mol. The Balaban J connectivity index is 2.28. The molecule has 2 aromatic carbocycles. The molecule has 1 N–H and O–H groups in total. The van der Waals surface area contributed by atoms with Gasteiger partial charge in [0.15, 0.2) is 0 Å². The summed E-state index contributed by atoms with van der Waals surface area (Å²) in [6.07, 6.45) is 1.01. The van der Waals surface area contributed by atoms with Gasteiger partial charge in [0.25, 0.3) is 0 Å². The highest BCUT2D eigenvalue weighted by atomic mass is 32.1. The molecule has 1 nitrogen and oxygen atoms in total. The van der Waals surface area contributed by atoms with Crippen LogP contribution in [0.25, 0.3) is 10.8 Å². The summed E-state index contributed by atoms with van der Waals surface area (Å²) in [6.45, 7) is 7.00. The van der Waals surface area contributed by atoms with Crippen molar-refractivity contribution in [3.05, 3.63) is 48.0 Å². The lowest BCUT2D eigenvalue weighted by Crippen LogP contribution is -2.39. The van der Waals surface area contributed by atoms with Crippen LogP contribution in [0.5, 0.6) is 0 Å². The van der Waals surface area contributed by atoms with Crippen molar-refractivity contribution in [2.24, 2.45) is 0 Å². The minimum Gasteiger partial charge on any atom is -0.379 e. The monoisotopic (exact) mass is 272 g/mol. The van der Waals surface area contributed by atoms with E-state index in [1.54, 1.807) is 0 Å². The molecule has 3 heteroatoms. The highest BCUT2D eigenvalue weighted by Gasteiger charge is 2.14. The third-order valence-corrected chi connectivity index (χ3v) is 4.33. The maximum Gasteiger partial charge on any atom is 0.106 e. The fourth-order valence-electron chi connectivity index (χ4n) is 1.79. The first kappa shape index (κ1) is 13.2. The van der Waals surface area contributed by atoms with E-state index in [4.69, 9.17) is 12.2 Å². The molecule has 1 radical (unpaired) electrons. The van der Waals surface area contributed by atoms with Gasteiger partial charge in [0, 0.05) is 11.7 Å². The molecule has 0 bridgehead atoms. The third-order valence-electron chi connectivity index (χ3n) is 2.73. The Morgan fingerprint density at radius 1 is 1.22 bits per heavy atom. The largest absolute Gasteiger partial charge is 0.379 e. The average Bonchev–Trinajstić information content (AvgIpc) is 2.34. The number of nitrogens with one attached hydrogen (secondary N) is 1. The number of thiocarbonyl (C=S) groups is 1. The highest BCUT2D eigenvalue weighted by Crippen LogP contribution is 2.18. The molecule has 0 unspecified atom stereocenters. The summed E-state index contributed by atoms with van der Waals surface area (Å²) in [7, 11) is -1.13. The van der Waals surface area contributed by atoms with E-state index in [9.17, 15) is 0 Å². The van der Waals surface area contributed by atoms with Crippen LogP contribution in [0.15, 0.2) is 36.4 Å². The second-order valence-corrected chi connectivity index (χ2v) is 11.6. The molecule has 0 spiro atoms. The average molecular weight is 272 g/mol. The molecule has 0 saturated carbocycles. The first-order valence-corrected chi connectivity index (χ1v) is 10.3. The summed E-state index contributed by atoms with van der Waals surface area (Å²) in [6, 6.07) is 15.5. The maximum atomic E-state index is 5.51. The maximum absolute atomic E-state index is 5.51. The van der Waals surface area contributed by atoms with E-state index in [0.717, 1.165) is 22.1 Å². The van der Waals surface area contributed by atoms with Gasteiger partial charge in [-0.1, -0.05) is 68.3 Å². The molecule has 0 aliphatic heterocycles. The van der Waals surface area contributed by atoms with Gasteiger partial charge >= 0.3 is 0 Å². The molecule has 0 saturated heterocycles. The molecule has 0 heterocycles. The van der Waals surface area contributed by atoms with Gasteiger partial charge < -0.3 is 5.32 Å². The van der Waals surface area contributed by atoms with Gasteiger partial charge in [-0.3, -0.25) is 0 Å². The van der Waals surface area contributed by atoms with E-state index in [1.165, 1.54) is 5.39 Å². The van der Waals surface area contributed by atoms with E-state index >= 15 is 0 Å². The predicted octanol–water partition coefficient (Wildman–Crippen LogP) is 3.78. The van der Waals surface area contributed by atoms with Crippen molar-refractivity contribution in [2.75, 3.05) is 6.17 Å². The summed E-state index contributed by atoms with van der Waals surface area (Å²) in [5.41, 5.74) is 1.11. The van der Waals surface area contributed by atoms with Crippen LogP contribution in [0.4, 0.5) is 0 Å². The minimum absolute atomic E-state index is 0.850. The van der Waals surface area contributed by atoms with Crippen LogP contribution in [0.1, 0.15) is 5.56 Å². The van der Waals surface area contributed by atoms with Crippen molar-refractivity contribution in [1.29, 1.82) is 0 Å². The normalized spacial score (nSPS) is 11.5. The van der Waals surface area contributed by atoms with Crippen molar-refractivity contribution < 1.29 is 0 Å². The molecule has 0 aliphatic carbocycles. The molecule has 18 heavy (non-hydrogen) atoms. The Labute approximate surface area is 115 Å². The zero-order valence-electron chi connectivity index (χ0n) is 11.1. The standard InChI is InChI=1S/C15H18NSSi/c1-18(2,3)11-16-15(17)14-10-6-8-12-7-4-5-9-13(12)14/h4-7,9-10H,11H2,1-3H3,(H,16,17). The number of benzene rings is 2. The van der Waals surface area contributed by atoms with Crippen LogP contribution >= 0.6 is 12.2 Å². The van der Waals surface area contributed by atoms with E-state index in [0.29, 0.717) is 0 Å². The highest BCUT2D eigenvalue weighted by molar-refractivity contribution is 7.80. The summed E-state index contributed by atoms with van der Waals surface area (Å²) < 4.78 is 0. The Bertz CT molecular complexity index is 567. The molecule has 0 aromatic heterocycles. The van der Waals surface area contributed by atoms with Crippen molar-refractivity contribution in [2.45, 2.75) is 19.6 Å². The number of rotatable bonds is 3.